The Bertz CT molecular complexity index is 835. The van der Waals surface area contributed by atoms with Crippen molar-refractivity contribution in [2.45, 2.75) is 24.8 Å². The minimum Gasteiger partial charge on any atom is -0.267 e. The van der Waals surface area contributed by atoms with Gasteiger partial charge in [0.05, 0.1) is 5.02 Å². The lowest BCUT2D eigenvalue weighted by Gasteiger charge is -2.09. The van der Waals surface area contributed by atoms with E-state index in [2.05, 4.69) is 9.82 Å². The van der Waals surface area contributed by atoms with Gasteiger partial charge in [0, 0.05) is 12.2 Å². The van der Waals surface area contributed by atoms with Crippen LogP contribution in [-0.2, 0) is 10.0 Å². The first kappa shape index (κ1) is 16.3. The predicted octanol–water partition coefficient (Wildman–Crippen LogP) is 2.93. The van der Waals surface area contributed by atoms with E-state index in [0.29, 0.717) is 0 Å². The van der Waals surface area contributed by atoms with E-state index in [0.717, 1.165) is 6.07 Å². The van der Waals surface area contributed by atoms with Crippen LogP contribution < -0.4 is 4.72 Å². The van der Waals surface area contributed by atoms with E-state index >= 15 is 0 Å². The lowest BCUT2D eigenvalue weighted by molar-refractivity contribution is 0.533. The van der Waals surface area contributed by atoms with Crippen LogP contribution in [0.1, 0.15) is 25.5 Å². The molecule has 0 spiro atoms. The summed E-state index contributed by atoms with van der Waals surface area (Å²) < 4.78 is 41.9. The molecule has 0 radical (unpaired) electrons. The van der Waals surface area contributed by atoms with Crippen molar-refractivity contribution in [2.24, 2.45) is 0 Å². The molecular formula is C13H12ClFN4O2S. The largest absolute Gasteiger partial charge is 0.267 e. The summed E-state index contributed by atoms with van der Waals surface area (Å²) in [5.41, 5.74) is 0.0322. The van der Waals surface area contributed by atoms with Crippen molar-refractivity contribution in [3.8, 4) is 6.07 Å². The fourth-order valence-corrected chi connectivity index (χ4v) is 3.36. The molecule has 0 atom stereocenters. The SMILES string of the molecule is CC(C)n1cc(C#N)c(NS(=O)(=O)c2c(F)cccc2Cl)n1. The van der Waals surface area contributed by atoms with Crippen molar-refractivity contribution in [3.63, 3.8) is 0 Å². The number of sulfonamides is 1. The fourth-order valence-electron chi connectivity index (χ4n) is 1.73. The van der Waals surface area contributed by atoms with Crippen LogP contribution in [0.4, 0.5) is 10.2 Å². The van der Waals surface area contributed by atoms with E-state index in [9.17, 15) is 12.8 Å². The third-order valence-corrected chi connectivity index (χ3v) is 4.64. The maximum atomic E-state index is 13.8. The molecule has 1 N–H and O–H groups in total. The lowest BCUT2D eigenvalue weighted by Crippen LogP contribution is -2.16. The third-order valence-electron chi connectivity index (χ3n) is 2.80. The number of benzene rings is 1. The van der Waals surface area contributed by atoms with E-state index in [4.69, 9.17) is 16.9 Å². The summed E-state index contributed by atoms with van der Waals surface area (Å²) in [6, 6.07) is 5.31. The van der Waals surface area contributed by atoms with Crippen LogP contribution in [-0.4, -0.2) is 18.2 Å². The molecule has 0 aliphatic rings. The molecule has 0 saturated heterocycles. The van der Waals surface area contributed by atoms with Gasteiger partial charge in [-0.2, -0.15) is 10.4 Å². The number of hydrogen-bond acceptors (Lipinski definition) is 4. The van der Waals surface area contributed by atoms with Crippen LogP contribution in [0.25, 0.3) is 0 Å². The number of nitrogens with one attached hydrogen (secondary N) is 1. The maximum Gasteiger partial charge on any atom is 0.267 e. The lowest BCUT2D eigenvalue weighted by atomic mass is 10.3. The summed E-state index contributed by atoms with van der Waals surface area (Å²) in [6.45, 7) is 3.64. The van der Waals surface area contributed by atoms with Gasteiger partial charge in [0.2, 0.25) is 0 Å². The third kappa shape index (κ3) is 3.05. The first-order valence-electron chi connectivity index (χ1n) is 6.22. The standard InChI is InChI=1S/C13H12ClFN4O2S/c1-8(2)19-7-9(6-16)13(17-19)18-22(20,21)12-10(14)4-3-5-11(12)15/h3-5,7-8H,1-2H3,(H,17,18). The number of nitriles is 1. The average Bonchev–Trinajstić information content (AvgIpc) is 2.80. The first-order chi connectivity index (χ1) is 10.3. The molecule has 116 valence electrons. The molecule has 9 heteroatoms. The van der Waals surface area contributed by atoms with Gasteiger partial charge in [-0.05, 0) is 26.0 Å². The molecule has 1 aromatic carbocycles. The summed E-state index contributed by atoms with van der Waals surface area (Å²) in [5, 5.41) is 12.8. The Hall–Kier alpha value is -2.11. The summed E-state index contributed by atoms with van der Waals surface area (Å²) in [6.07, 6.45) is 1.41. The van der Waals surface area contributed by atoms with Gasteiger partial charge in [-0.25, -0.2) is 12.8 Å². The van der Waals surface area contributed by atoms with Crippen molar-refractivity contribution >= 4 is 27.4 Å². The summed E-state index contributed by atoms with van der Waals surface area (Å²) in [5.74, 6) is -1.16. The molecule has 6 nitrogen and oxygen atoms in total. The second kappa shape index (κ2) is 5.94. The highest BCUT2D eigenvalue weighted by Crippen LogP contribution is 2.27. The second-order valence-electron chi connectivity index (χ2n) is 4.73. The number of anilines is 1. The normalized spacial score (nSPS) is 11.5. The molecule has 0 fully saturated rings. The van der Waals surface area contributed by atoms with Gasteiger partial charge in [0.15, 0.2) is 5.82 Å². The zero-order valence-corrected chi connectivity index (χ0v) is 13.3. The Labute approximate surface area is 132 Å². The quantitative estimate of drug-likeness (QED) is 0.925. The van der Waals surface area contributed by atoms with Crippen LogP contribution in [0, 0.1) is 17.1 Å². The number of hydrogen-bond donors (Lipinski definition) is 1. The van der Waals surface area contributed by atoms with Crippen molar-refractivity contribution in [2.75, 3.05) is 4.72 Å². The summed E-state index contributed by atoms with van der Waals surface area (Å²) in [4.78, 5) is -0.681. The van der Waals surface area contributed by atoms with E-state index in [-0.39, 0.29) is 22.4 Å². The van der Waals surface area contributed by atoms with Crippen molar-refractivity contribution in [3.05, 3.63) is 40.8 Å². The molecule has 0 aliphatic heterocycles. The number of nitrogens with zero attached hydrogens (tertiary/aromatic N) is 3. The summed E-state index contributed by atoms with van der Waals surface area (Å²) >= 11 is 5.76. The number of aromatic nitrogens is 2. The monoisotopic (exact) mass is 342 g/mol. The highest BCUT2D eigenvalue weighted by molar-refractivity contribution is 7.92. The van der Waals surface area contributed by atoms with Crippen molar-refractivity contribution in [1.29, 1.82) is 5.26 Å². The molecule has 22 heavy (non-hydrogen) atoms. The van der Waals surface area contributed by atoms with Crippen LogP contribution in [0.2, 0.25) is 5.02 Å². The molecular weight excluding hydrogens is 331 g/mol. The van der Waals surface area contributed by atoms with Gasteiger partial charge in [0.25, 0.3) is 10.0 Å². The van der Waals surface area contributed by atoms with Crippen LogP contribution in [0.3, 0.4) is 0 Å². The van der Waals surface area contributed by atoms with Gasteiger partial charge in [-0.1, -0.05) is 17.7 Å². The van der Waals surface area contributed by atoms with Crippen LogP contribution in [0.15, 0.2) is 29.3 Å². The van der Waals surface area contributed by atoms with Gasteiger partial charge < -0.3 is 0 Å². The predicted molar refractivity (Wildman–Crippen MR) is 79.5 cm³/mol. The van der Waals surface area contributed by atoms with Crippen LogP contribution >= 0.6 is 11.6 Å². The molecule has 2 rings (SSSR count). The minimum absolute atomic E-state index is 0.0322. The van der Waals surface area contributed by atoms with Crippen molar-refractivity contribution < 1.29 is 12.8 Å². The van der Waals surface area contributed by atoms with Gasteiger partial charge in [-0.3, -0.25) is 9.40 Å². The first-order valence-corrected chi connectivity index (χ1v) is 8.08. The number of rotatable bonds is 4. The Balaban J connectivity index is 2.48. The van der Waals surface area contributed by atoms with Crippen LogP contribution in [0.5, 0.6) is 0 Å². The van der Waals surface area contributed by atoms with E-state index in [1.165, 1.54) is 23.0 Å². The average molecular weight is 343 g/mol. The number of halogens is 2. The highest BCUT2D eigenvalue weighted by atomic mass is 35.5. The maximum absolute atomic E-state index is 13.8. The highest BCUT2D eigenvalue weighted by Gasteiger charge is 2.25. The molecule has 0 saturated carbocycles. The Kier molecular flexibility index (Phi) is 4.39. The molecule has 0 bridgehead atoms. The topological polar surface area (TPSA) is 87.8 Å². The Morgan fingerprint density at radius 2 is 2.14 bits per heavy atom. The zero-order valence-electron chi connectivity index (χ0n) is 11.7. The molecule has 0 unspecified atom stereocenters. The molecule has 1 aromatic heterocycles. The zero-order chi connectivity index (χ0) is 16.5. The molecule has 0 amide bonds. The van der Waals surface area contributed by atoms with E-state index < -0.39 is 20.7 Å². The van der Waals surface area contributed by atoms with Crippen molar-refractivity contribution in [1.82, 2.24) is 9.78 Å². The molecule has 2 aromatic rings. The molecule has 0 aliphatic carbocycles. The minimum atomic E-state index is -4.30. The Morgan fingerprint density at radius 3 is 2.68 bits per heavy atom. The van der Waals surface area contributed by atoms with Gasteiger partial charge in [-0.15, -0.1) is 0 Å². The van der Waals surface area contributed by atoms with E-state index in [1.54, 1.807) is 0 Å². The van der Waals surface area contributed by atoms with Gasteiger partial charge in [0.1, 0.15) is 22.3 Å². The van der Waals surface area contributed by atoms with Gasteiger partial charge >= 0.3 is 0 Å². The second-order valence-corrected chi connectivity index (χ2v) is 6.76. The smallest absolute Gasteiger partial charge is 0.267 e. The Morgan fingerprint density at radius 1 is 1.45 bits per heavy atom. The fraction of sp³-hybridized carbons (Fsp3) is 0.231. The summed E-state index contributed by atoms with van der Waals surface area (Å²) in [7, 11) is -4.30. The van der Waals surface area contributed by atoms with E-state index in [1.807, 2.05) is 19.9 Å². The molecule has 1 heterocycles.